The zero-order valence-electron chi connectivity index (χ0n) is 18.0. The number of amides is 2. The first-order chi connectivity index (χ1) is 15.9. The van der Waals surface area contributed by atoms with Crippen molar-refractivity contribution >= 4 is 23.8 Å². The van der Waals surface area contributed by atoms with Crippen LogP contribution in [-0.2, 0) is 9.53 Å². The number of rotatable bonds is 7. The van der Waals surface area contributed by atoms with Gasteiger partial charge in [0, 0.05) is 19.5 Å². The van der Waals surface area contributed by atoms with E-state index in [0.29, 0.717) is 0 Å². The molecule has 170 valence electrons. The van der Waals surface area contributed by atoms with Crippen LogP contribution in [0.2, 0.25) is 0 Å². The fraction of sp³-hybridized carbons (Fsp3) is 0.261. The minimum atomic E-state index is -1.04. The number of carboxylic acid groups (broad SMARTS) is 1. The second-order valence-electron chi connectivity index (χ2n) is 7.84. The highest BCUT2D eigenvalue weighted by atomic mass is 16.6. The number of carbonyl (C=O) groups is 3. The van der Waals surface area contributed by atoms with Crippen LogP contribution in [0, 0.1) is 5.92 Å². The molecule has 0 spiro atoms. The molecule has 0 saturated carbocycles. The summed E-state index contributed by atoms with van der Waals surface area (Å²) in [5.41, 5.74) is 4.10. The lowest BCUT2D eigenvalue weighted by atomic mass is 9.98. The van der Waals surface area contributed by atoms with Gasteiger partial charge in [-0.2, -0.15) is 0 Å². The summed E-state index contributed by atoms with van der Waals surface area (Å²) in [6.07, 6.45) is -0.817. The molecule has 1 aromatic heterocycles. The molecule has 0 radical (unpaired) electrons. The topological polar surface area (TPSA) is 135 Å². The Kier molecular flexibility index (Phi) is 6.07. The Morgan fingerprint density at radius 2 is 1.70 bits per heavy atom. The number of carboxylic acids is 1. The first kappa shape index (κ1) is 22.0. The third-order valence-electron chi connectivity index (χ3n) is 5.57. The largest absolute Gasteiger partial charge is 0.481 e. The standard InChI is InChI=1S/C23H22N4O6/c1-13(22(29)30)11-27(2)21(28)19-20(26-33-25-19)24-23(31)32-12-18-16-9-5-3-7-14(16)15-8-4-6-10-17(15)18/h3-10,13,18H,11-12H2,1-2H3,(H,29,30)(H,24,26,31). The number of aromatic nitrogens is 2. The number of carbonyl (C=O) groups excluding carboxylic acids is 2. The highest BCUT2D eigenvalue weighted by molar-refractivity contribution is 5.99. The predicted molar refractivity (Wildman–Crippen MR) is 117 cm³/mol. The highest BCUT2D eigenvalue weighted by Gasteiger charge is 2.30. The number of anilines is 1. The summed E-state index contributed by atoms with van der Waals surface area (Å²) >= 11 is 0. The minimum absolute atomic E-state index is 0.0502. The van der Waals surface area contributed by atoms with E-state index in [2.05, 4.69) is 20.3 Å². The normalized spacial score (nSPS) is 13.0. The fourth-order valence-electron chi connectivity index (χ4n) is 3.89. The second-order valence-corrected chi connectivity index (χ2v) is 7.84. The number of hydrogen-bond donors (Lipinski definition) is 2. The van der Waals surface area contributed by atoms with Gasteiger partial charge in [0.25, 0.3) is 5.91 Å². The smallest absolute Gasteiger partial charge is 0.412 e. The SMILES string of the molecule is CC(CN(C)C(=O)c1nonc1NC(=O)OCC1c2ccccc2-c2ccccc21)C(=O)O. The molecule has 1 atom stereocenters. The summed E-state index contributed by atoms with van der Waals surface area (Å²) in [7, 11) is 1.42. The molecule has 10 heteroatoms. The lowest BCUT2D eigenvalue weighted by Crippen LogP contribution is -2.34. The Labute approximate surface area is 189 Å². The molecular weight excluding hydrogens is 428 g/mol. The van der Waals surface area contributed by atoms with Crippen LogP contribution in [0.4, 0.5) is 10.6 Å². The van der Waals surface area contributed by atoms with Crippen LogP contribution in [0.1, 0.15) is 34.5 Å². The molecule has 2 amide bonds. The van der Waals surface area contributed by atoms with Crippen LogP contribution in [0.3, 0.4) is 0 Å². The third-order valence-corrected chi connectivity index (χ3v) is 5.57. The highest BCUT2D eigenvalue weighted by Crippen LogP contribution is 2.44. The molecule has 0 fully saturated rings. The van der Waals surface area contributed by atoms with Gasteiger partial charge >= 0.3 is 12.1 Å². The van der Waals surface area contributed by atoms with Crippen LogP contribution in [0.5, 0.6) is 0 Å². The van der Waals surface area contributed by atoms with E-state index in [1.807, 2.05) is 48.5 Å². The van der Waals surface area contributed by atoms with E-state index in [0.717, 1.165) is 22.3 Å². The van der Waals surface area contributed by atoms with Gasteiger partial charge in [-0.05, 0) is 32.6 Å². The van der Waals surface area contributed by atoms with Gasteiger partial charge in [0.1, 0.15) is 6.61 Å². The van der Waals surface area contributed by atoms with Crippen molar-refractivity contribution in [3.05, 3.63) is 65.4 Å². The zero-order chi connectivity index (χ0) is 23.5. The van der Waals surface area contributed by atoms with Gasteiger partial charge in [-0.25, -0.2) is 9.42 Å². The molecule has 2 N–H and O–H groups in total. The van der Waals surface area contributed by atoms with E-state index in [-0.39, 0.29) is 30.6 Å². The number of nitrogens with one attached hydrogen (secondary N) is 1. The Morgan fingerprint density at radius 1 is 1.09 bits per heavy atom. The Morgan fingerprint density at radius 3 is 2.30 bits per heavy atom. The molecule has 4 rings (SSSR count). The lowest BCUT2D eigenvalue weighted by Gasteiger charge is -2.18. The Hall–Kier alpha value is -4.21. The van der Waals surface area contributed by atoms with Gasteiger partial charge in [0.15, 0.2) is 0 Å². The summed E-state index contributed by atoms with van der Waals surface area (Å²) in [6, 6.07) is 15.9. The van der Waals surface area contributed by atoms with E-state index >= 15 is 0 Å². The summed E-state index contributed by atoms with van der Waals surface area (Å²) in [6.45, 7) is 1.51. The van der Waals surface area contributed by atoms with Crippen molar-refractivity contribution in [3.63, 3.8) is 0 Å². The molecule has 1 unspecified atom stereocenters. The predicted octanol–water partition coefficient (Wildman–Crippen LogP) is 3.22. The monoisotopic (exact) mass is 450 g/mol. The average Bonchev–Trinajstić information content (AvgIpc) is 3.39. The molecule has 1 heterocycles. The van der Waals surface area contributed by atoms with Gasteiger partial charge in [-0.1, -0.05) is 55.5 Å². The first-order valence-corrected chi connectivity index (χ1v) is 10.3. The van der Waals surface area contributed by atoms with Crippen molar-refractivity contribution in [2.24, 2.45) is 5.92 Å². The molecular formula is C23H22N4O6. The van der Waals surface area contributed by atoms with E-state index in [4.69, 9.17) is 9.84 Å². The molecule has 1 aliphatic carbocycles. The maximum Gasteiger partial charge on any atom is 0.412 e. The molecule has 0 aliphatic heterocycles. The summed E-state index contributed by atoms with van der Waals surface area (Å²) in [5, 5.41) is 18.5. The second kappa shape index (κ2) is 9.11. The first-order valence-electron chi connectivity index (χ1n) is 10.3. The molecule has 1 aliphatic rings. The molecule has 33 heavy (non-hydrogen) atoms. The van der Waals surface area contributed by atoms with E-state index in [1.165, 1.54) is 18.9 Å². The Balaban J connectivity index is 1.42. The van der Waals surface area contributed by atoms with Crippen molar-refractivity contribution < 1.29 is 28.9 Å². The molecule has 0 saturated heterocycles. The third kappa shape index (κ3) is 4.40. The molecule has 2 aromatic carbocycles. The number of benzene rings is 2. The fourth-order valence-corrected chi connectivity index (χ4v) is 3.89. The van der Waals surface area contributed by atoms with Gasteiger partial charge < -0.3 is 14.7 Å². The van der Waals surface area contributed by atoms with E-state index in [1.54, 1.807) is 0 Å². The van der Waals surface area contributed by atoms with Crippen molar-refractivity contribution in [1.29, 1.82) is 0 Å². The van der Waals surface area contributed by atoms with E-state index < -0.39 is 23.9 Å². The van der Waals surface area contributed by atoms with Crippen LogP contribution in [0.25, 0.3) is 11.1 Å². The van der Waals surface area contributed by atoms with Gasteiger partial charge in [-0.3, -0.25) is 14.9 Å². The molecule has 10 nitrogen and oxygen atoms in total. The maximum absolute atomic E-state index is 12.6. The van der Waals surface area contributed by atoms with Crippen LogP contribution >= 0.6 is 0 Å². The zero-order valence-corrected chi connectivity index (χ0v) is 18.0. The van der Waals surface area contributed by atoms with Crippen molar-refractivity contribution in [2.75, 3.05) is 25.5 Å². The van der Waals surface area contributed by atoms with Gasteiger partial charge in [-0.15, -0.1) is 0 Å². The van der Waals surface area contributed by atoms with Crippen molar-refractivity contribution in [3.8, 4) is 11.1 Å². The van der Waals surface area contributed by atoms with E-state index in [9.17, 15) is 14.4 Å². The van der Waals surface area contributed by atoms with Gasteiger partial charge in [0.2, 0.25) is 11.5 Å². The molecule has 0 bridgehead atoms. The number of fused-ring (bicyclic) bond motifs is 3. The average molecular weight is 450 g/mol. The number of nitrogens with zero attached hydrogens (tertiary/aromatic N) is 3. The quantitative estimate of drug-likeness (QED) is 0.560. The van der Waals surface area contributed by atoms with Crippen LogP contribution < -0.4 is 5.32 Å². The summed E-state index contributed by atoms with van der Waals surface area (Å²) < 4.78 is 10.0. The summed E-state index contributed by atoms with van der Waals surface area (Å²) in [5.74, 6) is -2.78. The lowest BCUT2D eigenvalue weighted by molar-refractivity contribution is -0.141. The molecule has 3 aromatic rings. The number of aliphatic carboxylic acids is 1. The Bertz CT molecular complexity index is 1160. The minimum Gasteiger partial charge on any atom is -0.481 e. The maximum atomic E-state index is 12.6. The van der Waals surface area contributed by atoms with Crippen LogP contribution in [0.15, 0.2) is 53.2 Å². The van der Waals surface area contributed by atoms with Gasteiger partial charge in [0.05, 0.1) is 5.92 Å². The van der Waals surface area contributed by atoms with Crippen molar-refractivity contribution in [2.45, 2.75) is 12.8 Å². The number of hydrogen-bond acceptors (Lipinski definition) is 7. The number of ether oxygens (including phenoxy) is 1. The summed E-state index contributed by atoms with van der Waals surface area (Å²) in [4.78, 5) is 37.2. The van der Waals surface area contributed by atoms with Crippen LogP contribution in [-0.4, -0.2) is 58.5 Å². The van der Waals surface area contributed by atoms with Crippen molar-refractivity contribution in [1.82, 2.24) is 15.2 Å².